The molecule has 0 saturated carbocycles. The average molecular weight is 336 g/mol. The lowest BCUT2D eigenvalue weighted by atomic mass is 10.1. The summed E-state index contributed by atoms with van der Waals surface area (Å²) in [4.78, 5) is 15.9. The van der Waals surface area contributed by atoms with Crippen LogP contribution >= 0.6 is 0 Å². The molecule has 1 unspecified atom stereocenters. The number of rotatable bonds is 5. The van der Waals surface area contributed by atoms with Gasteiger partial charge in [0, 0.05) is 13.0 Å². The number of fused-ring (bicyclic) bond motifs is 1. The lowest BCUT2D eigenvalue weighted by Gasteiger charge is -2.24. The first-order valence-corrected chi connectivity index (χ1v) is 8.48. The summed E-state index contributed by atoms with van der Waals surface area (Å²) in [5, 5.41) is 9.10. The van der Waals surface area contributed by atoms with Crippen LogP contribution in [0.2, 0.25) is 0 Å². The second-order valence-corrected chi connectivity index (χ2v) is 6.21. The number of amides is 1. The van der Waals surface area contributed by atoms with E-state index in [9.17, 15) is 4.79 Å². The molecule has 1 aliphatic heterocycles. The molecule has 1 atom stereocenters. The number of ether oxygens (including phenoxy) is 1. The van der Waals surface area contributed by atoms with Crippen molar-refractivity contribution in [1.82, 2.24) is 19.9 Å². The maximum atomic E-state index is 12.3. The zero-order valence-electron chi connectivity index (χ0n) is 14.1. The lowest BCUT2D eigenvalue weighted by molar-refractivity contribution is -0.130. The van der Waals surface area contributed by atoms with Crippen LogP contribution in [-0.4, -0.2) is 39.5 Å². The molecule has 0 aliphatic carbocycles. The molecule has 0 N–H and O–H groups in total. The summed E-state index contributed by atoms with van der Waals surface area (Å²) in [6, 6.07) is 15.7. The van der Waals surface area contributed by atoms with Gasteiger partial charge in [0.25, 0.3) is 0 Å². The molecule has 128 valence electrons. The van der Waals surface area contributed by atoms with E-state index < -0.39 is 0 Å². The molecule has 3 aromatic rings. The summed E-state index contributed by atoms with van der Waals surface area (Å²) >= 11 is 0. The Morgan fingerprint density at radius 2 is 1.76 bits per heavy atom. The minimum atomic E-state index is -0.0989. The van der Waals surface area contributed by atoms with E-state index in [1.807, 2.05) is 53.4 Å². The van der Waals surface area contributed by atoms with Crippen molar-refractivity contribution in [2.75, 3.05) is 13.7 Å². The summed E-state index contributed by atoms with van der Waals surface area (Å²) in [7, 11) is 1.66. The molecule has 0 bridgehead atoms. The van der Waals surface area contributed by atoms with Gasteiger partial charge in [-0.2, -0.15) is 15.0 Å². The highest BCUT2D eigenvalue weighted by molar-refractivity contribution is 5.78. The molecule has 25 heavy (non-hydrogen) atoms. The highest BCUT2D eigenvalue weighted by atomic mass is 16.5. The van der Waals surface area contributed by atoms with E-state index in [-0.39, 0.29) is 12.1 Å². The Hall–Kier alpha value is -2.89. The zero-order valence-corrected chi connectivity index (χ0v) is 14.1. The number of hydrogen-bond acceptors (Lipinski definition) is 4. The molecule has 1 aliphatic rings. The van der Waals surface area contributed by atoms with Gasteiger partial charge in [0.1, 0.15) is 22.9 Å². The van der Waals surface area contributed by atoms with E-state index in [0.29, 0.717) is 13.0 Å². The van der Waals surface area contributed by atoms with Gasteiger partial charge in [-0.25, -0.2) is 0 Å². The normalized spacial score (nSPS) is 17.4. The SMILES string of the molecule is COc1ccc(CCN2C(=O)CCC2n2nc3ccccc3n2)cc1. The fraction of sp³-hybridized carbons (Fsp3) is 0.316. The molecule has 1 amide bonds. The fourth-order valence-electron chi connectivity index (χ4n) is 3.28. The first kappa shape index (κ1) is 15.6. The largest absolute Gasteiger partial charge is 0.497 e. The number of nitrogens with zero attached hydrogens (tertiary/aromatic N) is 4. The molecule has 6 nitrogen and oxygen atoms in total. The van der Waals surface area contributed by atoms with Gasteiger partial charge in [0.15, 0.2) is 0 Å². The second-order valence-electron chi connectivity index (χ2n) is 6.21. The molecule has 6 heteroatoms. The topological polar surface area (TPSA) is 60.2 Å². The standard InChI is InChI=1S/C19H20N4O2/c1-25-15-8-6-14(7-9-15)12-13-22-18(10-11-19(22)24)23-20-16-4-2-3-5-17(16)21-23/h2-9,18H,10-13H2,1H3. The molecule has 1 fully saturated rings. The predicted molar refractivity (Wildman–Crippen MR) is 94.2 cm³/mol. The summed E-state index contributed by atoms with van der Waals surface area (Å²) in [5.74, 6) is 1.01. The highest BCUT2D eigenvalue weighted by Gasteiger charge is 2.33. The molecule has 2 aromatic carbocycles. The van der Waals surface area contributed by atoms with E-state index >= 15 is 0 Å². The van der Waals surface area contributed by atoms with E-state index in [4.69, 9.17) is 4.74 Å². The summed E-state index contributed by atoms with van der Waals surface area (Å²) in [6.45, 7) is 0.660. The fourth-order valence-corrected chi connectivity index (χ4v) is 3.28. The van der Waals surface area contributed by atoms with Gasteiger partial charge in [-0.05, 0) is 42.7 Å². The van der Waals surface area contributed by atoms with Crippen LogP contribution in [0.4, 0.5) is 0 Å². The van der Waals surface area contributed by atoms with Crippen molar-refractivity contribution in [1.29, 1.82) is 0 Å². The van der Waals surface area contributed by atoms with Gasteiger partial charge >= 0.3 is 0 Å². The second kappa shape index (κ2) is 6.55. The van der Waals surface area contributed by atoms with Crippen molar-refractivity contribution >= 4 is 16.9 Å². The van der Waals surface area contributed by atoms with Crippen LogP contribution in [0.15, 0.2) is 48.5 Å². The van der Waals surface area contributed by atoms with Crippen molar-refractivity contribution < 1.29 is 9.53 Å². The molecule has 0 radical (unpaired) electrons. The Balaban J connectivity index is 1.51. The Morgan fingerprint density at radius 1 is 1.08 bits per heavy atom. The summed E-state index contributed by atoms with van der Waals surface area (Å²) < 4.78 is 5.18. The highest BCUT2D eigenvalue weighted by Crippen LogP contribution is 2.28. The Morgan fingerprint density at radius 3 is 2.40 bits per heavy atom. The van der Waals surface area contributed by atoms with E-state index in [1.165, 1.54) is 5.56 Å². The number of carbonyl (C=O) groups is 1. The van der Waals surface area contributed by atoms with Gasteiger partial charge in [-0.1, -0.05) is 24.3 Å². The van der Waals surface area contributed by atoms with Crippen LogP contribution in [0.3, 0.4) is 0 Å². The minimum Gasteiger partial charge on any atom is -0.497 e. The molecule has 4 rings (SSSR count). The molecule has 2 heterocycles. The molecular formula is C19H20N4O2. The number of benzene rings is 2. The summed E-state index contributed by atoms with van der Waals surface area (Å²) in [6.07, 6.45) is 2.00. The Bertz CT molecular complexity index is 855. The Labute approximate surface area is 146 Å². The van der Waals surface area contributed by atoms with E-state index in [2.05, 4.69) is 10.2 Å². The quantitative estimate of drug-likeness (QED) is 0.719. The van der Waals surface area contributed by atoms with Gasteiger partial charge in [0.2, 0.25) is 5.91 Å². The van der Waals surface area contributed by atoms with Crippen LogP contribution in [0.1, 0.15) is 24.6 Å². The molecular weight excluding hydrogens is 316 g/mol. The van der Waals surface area contributed by atoms with Crippen molar-refractivity contribution in [3.8, 4) is 5.75 Å². The third kappa shape index (κ3) is 3.07. The number of hydrogen-bond donors (Lipinski definition) is 0. The van der Waals surface area contributed by atoms with Crippen molar-refractivity contribution in [2.24, 2.45) is 0 Å². The van der Waals surface area contributed by atoms with Crippen LogP contribution in [0, 0.1) is 0 Å². The first-order valence-electron chi connectivity index (χ1n) is 8.48. The van der Waals surface area contributed by atoms with Crippen LogP contribution in [0.5, 0.6) is 5.75 Å². The van der Waals surface area contributed by atoms with Crippen LogP contribution < -0.4 is 4.74 Å². The maximum Gasteiger partial charge on any atom is 0.224 e. The van der Waals surface area contributed by atoms with Gasteiger partial charge in [-0.3, -0.25) is 4.79 Å². The molecule has 0 spiro atoms. The van der Waals surface area contributed by atoms with Crippen molar-refractivity contribution in [3.05, 3.63) is 54.1 Å². The zero-order chi connectivity index (χ0) is 17.2. The first-order chi connectivity index (χ1) is 12.2. The number of carbonyl (C=O) groups excluding carboxylic acids is 1. The number of likely N-dealkylation sites (tertiary alicyclic amines) is 1. The lowest BCUT2D eigenvalue weighted by Crippen LogP contribution is -2.33. The Kier molecular flexibility index (Phi) is 4.09. The van der Waals surface area contributed by atoms with Gasteiger partial charge in [0.05, 0.1) is 7.11 Å². The van der Waals surface area contributed by atoms with Crippen LogP contribution in [0.25, 0.3) is 11.0 Å². The maximum absolute atomic E-state index is 12.3. The van der Waals surface area contributed by atoms with Crippen molar-refractivity contribution in [2.45, 2.75) is 25.4 Å². The molecule has 1 aromatic heterocycles. The smallest absolute Gasteiger partial charge is 0.224 e. The third-order valence-corrected chi connectivity index (χ3v) is 4.67. The monoisotopic (exact) mass is 336 g/mol. The van der Waals surface area contributed by atoms with E-state index in [1.54, 1.807) is 11.9 Å². The number of aromatic nitrogens is 3. The summed E-state index contributed by atoms with van der Waals surface area (Å²) in [5.41, 5.74) is 2.90. The number of methoxy groups -OCH3 is 1. The molecule has 1 saturated heterocycles. The van der Waals surface area contributed by atoms with Crippen LogP contribution in [-0.2, 0) is 11.2 Å². The van der Waals surface area contributed by atoms with Gasteiger partial charge < -0.3 is 9.64 Å². The van der Waals surface area contributed by atoms with Crippen molar-refractivity contribution in [3.63, 3.8) is 0 Å². The van der Waals surface area contributed by atoms with E-state index in [0.717, 1.165) is 29.6 Å². The minimum absolute atomic E-state index is 0.0989. The average Bonchev–Trinajstić information content (AvgIpc) is 3.23. The predicted octanol–water partition coefficient (Wildman–Crippen LogP) is 2.80. The van der Waals surface area contributed by atoms with Gasteiger partial charge in [-0.15, -0.1) is 0 Å². The third-order valence-electron chi connectivity index (χ3n) is 4.67.